The number of ether oxygens (including phenoxy) is 3. The van der Waals surface area contributed by atoms with Crippen LogP contribution in [0.1, 0.15) is 52.0 Å². The van der Waals surface area contributed by atoms with Gasteiger partial charge in [-0.15, -0.1) is 0 Å². The zero-order chi connectivity index (χ0) is 28.6. The predicted molar refractivity (Wildman–Crippen MR) is 150 cm³/mol. The van der Waals surface area contributed by atoms with Gasteiger partial charge in [-0.05, 0) is 63.6 Å². The molecule has 9 nitrogen and oxygen atoms in total. The number of sulfonamides is 1. The molecule has 0 bridgehead atoms. The largest absolute Gasteiger partial charge is 0.493 e. The van der Waals surface area contributed by atoms with Crippen molar-refractivity contribution in [1.82, 2.24) is 9.62 Å². The zero-order valence-electron chi connectivity index (χ0n) is 23.4. The van der Waals surface area contributed by atoms with E-state index in [0.717, 1.165) is 22.9 Å². The fraction of sp³-hybridized carbons (Fsp3) is 0.517. The van der Waals surface area contributed by atoms with Gasteiger partial charge in [0.1, 0.15) is 11.4 Å². The van der Waals surface area contributed by atoms with Crippen molar-refractivity contribution in [2.24, 2.45) is 0 Å². The van der Waals surface area contributed by atoms with Crippen molar-refractivity contribution < 1.29 is 32.2 Å². The first-order valence-electron chi connectivity index (χ1n) is 13.2. The molecule has 1 N–H and O–H groups in total. The van der Waals surface area contributed by atoms with Crippen molar-refractivity contribution in [3.63, 3.8) is 0 Å². The Balaban J connectivity index is 1.85. The number of likely N-dealkylation sites (tertiary alicyclic amines) is 1. The minimum absolute atomic E-state index is 0.272. The molecule has 0 aromatic heterocycles. The molecule has 1 aliphatic rings. The Morgan fingerprint density at radius 1 is 1.10 bits per heavy atom. The zero-order valence-corrected chi connectivity index (χ0v) is 24.3. The molecule has 1 saturated heterocycles. The lowest BCUT2D eigenvalue weighted by atomic mass is 9.90. The van der Waals surface area contributed by atoms with Gasteiger partial charge in [-0.3, -0.25) is 4.79 Å². The number of nitrogens with one attached hydrogen (secondary N) is 1. The van der Waals surface area contributed by atoms with Crippen LogP contribution in [0, 0.1) is 0 Å². The summed E-state index contributed by atoms with van der Waals surface area (Å²) in [7, 11) is -2.12. The van der Waals surface area contributed by atoms with Crippen LogP contribution < -0.4 is 9.46 Å². The van der Waals surface area contributed by atoms with Crippen LogP contribution in [-0.4, -0.2) is 69.6 Å². The second-order valence-corrected chi connectivity index (χ2v) is 12.6. The van der Waals surface area contributed by atoms with Gasteiger partial charge in [-0.1, -0.05) is 42.5 Å². The topological polar surface area (TPSA) is 111 Å². The SMILES string of the molecule is COC(=O)CCCOc1ccccc1-c1cccc(CC2C(NS(C)(=O)=O)CCCN2C(=O)OC(C)(C)C)c1. The number of amides is 1. The lowest BCUT2D eigenvalue weighted by molar-refractivity contribution is -0.140. The molecule has 2 aromatic rings. The molecule has 0 saturated carbocycles. The smallest absolute Gasteiger partial charge is 0.410 e. The Hall–Kier alpha value is -3.11. The van der Waals surface area contributed by atoms with Crippen LogP contribution in [0.5, 0.6) is 5.75 Å². The molecule has 1 fully saturated rings. The van der Waals surface area contributed by atoms with Gasteiger partial charge in [-0.2, -0.15) is 0 Å². The van der Waals surface area contributed by atoms with Gasteiger partial charge in [0.15, 0.2) is 0 Å². The number of esters is 1. The maximum absolute atomic E-state index is 13.1. The summed E-state index contributed by atoms with van der Waals surface area (Å²) >= 11 is 0. The van der Waals surface area contributed by atoms with Crippen LogP contribution in [0.4, 0.5) is 4.79 Å². The second kappa shape index (κ2) is 13.3. The fourth-order valence-electron chi connectivity index (χ4n) is 4.71. The summed E-state index contributed by atoms with van der Waals surface area (Å²) in [5, 5.41) is 0. The van der Waals surface area contributed by atoms with E-state index in [1.54, 1.807) is 4.90 Å². The number of benzene rings is 2. The van der Waals surface area contributed by atoms with Gasteiger partial charge in [-0.25, -0.2) is 17.9 Å². The summed E-state index contributed by atoms with van der Waals surface area (Å²) in [4.78, 5) is 26.2. The molecule has 3 rings (SSSR count). The standard InChI is InChI=1S/C29H40N2O7S/c1-29(2,3)38-28(33)31-17-9-14-24(30-39(5,34)35)25(31)20-21-11-8-12-22(19-21)23-13-6-7-15-26(23)37-18-10-16-27(32)36-4/h6-8,11-13,15,19,24-25,30H,9-10,14,16-18,20H2,1-5H3. The predicted octanol–water partition coefficient (Wildman–Crippen LogP) is 4.55. The number of methoxy groups -OCH3 is 1. The molecule has 2 atom stereocenters. The van der Waals surface area contributed by atoms with E-state index in [1.807, 2.05) is 69.3 Å². The van der Waals surface area contributed by atoms with Crippen molar-refractivity contribution in [2.75, 3.05) is 26.5 Å². The number of hydrogen-bond acceptors (Lipinski definition) is 7. The average Bonchev–Trinajstić information content (AvgIpc) is 2.86. The molecule has 1 aliphatic heterocycles. The van der Waals surface area contributed by atoms with Gasteiger partial charge in [0.25, 0.3) is 0 Å². The molecule has 2 aromatic carbocycles. The summed E-state index contributed by atoms with van der Waals surface area (Å²) in [6.07, 6.45) is 3.25. The maximum atomic E-state index is 13.1. The third-order valence-electron chi connectivity index (χ3n) is 6.35. The minimum Gasteiger partial charge on any atom is -0.493 e. The first-order valence-corrected chi connectivity index (χ1v) is 15.1. The number of rotatable bonds is 10. The molecular weight excluding hydrogens is 520 g/mol. The quantitative estimate of drug-likeness (QED) is 0.335. The van der Waals surface area contributed by atoms with Crippen molar-refractivity contribution in [2.45, 2.75) is 70.6 Å². The second-order valence-electron chi connectivity index (χ2n) is 10.8. The molecule has 1 amide bonds. The van der Waals surface area contributed by atoms with Crippen LogP contribution in [0.2, 0.25) is 0 Å². The normalized spacial score (nSPS) is 17.9. The molecular formula is C29H40N2O7S. The van der Waals surface area contributed by atoms with E-state index in [0.29, 0.717) is 44.6 Å². The van der Waals surface area contributed by atoms with Gasteiger partial charge in [0.2, 0.25) is 10.0 Å². The Morgan fingerprint density at radius 2 is 1.85 bits per heavy atom. The summed E-state index contributed by atoms with van der Waals surface area (Å²) < 4.78 is 43.4. The van der Waals surface area contributed by atoms with Gasteiger partial charge < -0.3 is 19.1 Å². The molecule has 1 heterocycles. The fourth-order valence-corrected chi connectivity index (χ4v) is 5.53. The first kappa shape index (κ1) is 30.4. The Labute approximate surface area is 231 Å². The van der Waals surface area contributed by atoms with Crippen molar-refractivity contribution in [3.8, 4) is 16.9 Å². The summed E-state index contributed by atoms with van der Waals surface area (Å²) in [5.41, 5.74) is 2.12. The lowest BCUT2D eigenvalue weighted by Gasteiger charge is -2.41. The summed E-state index contributed by atoms with van der Waals surface area (Å²) in [6, 6.07) is 14.8. The van der Waals surface area contributed by atoms with E-state index < -0.39 is 33.8 Å². The highest BCUT2D eigenvalue weighted by Gasteiger charge is 2.37. The summed E-state index contributed by atoms with van der Waals surface area (Å²) in [6.45, 7) is 6.30. The molecule has 0 spiro atoms. The highest BCUT2D eigenvalue weighted by molar-refractivity contribution is 7.88. The van der Waals surface area contributed by atoms with E-state index in [-0.39, 0.29) is 12.4 Å². The Morgan fingerprint density at radius 3 is 2.54 bits per heavy atom. The van der Waals surface area contributed by atoms with E-state index in [4.69, 9.17) is 9.47 Å². The maximum Gasteiger partial charge on any atom is 0.410 e. The van der Waals surface area contributed by atoms with Crippen LogP contribution in [-0.2, 0) is 30.7 Å². The molecule has 0 aliphatic carbocycles. The number of nitrogens with zero attached hydrogens (tertiary/aromatic N) is 1. The molecule has 2 unspecified atom stereocenters. The third kappa shape index (κ3) is 9.54. The molecule has 39 heavy (non-hydrogen) atoms. The Kier molecular flexibility index (Phi) is 10.4. The highest BCUT2D eigenvalue weighted by atomic mass is 32.2. The van der Waals surface area contributed by atoms with Crippen molar-refractivity contribution >= 4 is 22.1 Å². The first-order chi connectivity index (χ1) is 18.4. The minimum atomic E-state index is -3.48. The lowest BCUT2D eigenvalue weighted by Crippen LogP contribution is -2.58. The van der Waals surface area contributed by atoms with Crippen LogP contribution >= 0.6 is 0 Å². The van der Waals surface area contributed by atoms with Gasteiger partial charge in [0.05, 0.1) is 26.0 Å². The third-order valence-corrected chi connectivity index (χ3v) is 7.08. The Bertz CT molecular complexity index is 1240. The van der Waals surface area contributed by atoms with Crippen LogP contribution in [0.15, 0.2) is 48.5 Å². The molecule has 214 valence electrons. The van der Waals surface area contributed by atoms with Gasteiger partial charge in [0, 0.05) is 24.6 Å². The molecule has 0 radical (unpaired) electrons. The number of carbonyl (C=O) groups is 2. The van der Waals surface area contributed by atoms with Crippen LogP contribution in [0.25, 0.3) is 11.1 Å². The van der Waals surface area contributed by atoms with E-state index >= 15 is 0 Å². The van der Waals surface area contributed by atoms with Crippen molar-refractivity contribution in [3.05, 3.63) is 54.1 Å². The molecule has 10 heteroatoms. The van der Waals surface area contributed by atoms with E-state index in [9.17, 15) is 18.0 Å². The van der Waals surface area contributed by atoms with Crippen molar-refractivity contribution in [1.29, 1.82) is 0 Å². The van der Waals surface area contributed by atoms with Gasteiger partial charge >= 0.3 is 12.1 Å². The highest BCUT2D eigenvalue weighted by Crippen LogP contribution is 2.32. The van der Waals surface area contributed by atoms with Crippen LogP contribution in [0.3, 0.4) is 0 Å². The number of para-hydroxylation sites is 1. The van der Waals surface area contributed by atoms with E-state index in [2.05, 4.69) is 9.46 Å². The average molecular weight is 561 g/mol. The number of piperidine rings is 1. The summed E-state index contributed by atoms with van der Waals surface area (Å²) in [5.74, 6) is 0.426. The number of carbonyl (C=O) groups excluding carboxylic acids is 2. The monoisotopic (exact) mass is 560 g/mol. The van der Waals surface area contributed by atoms with E-state index in [1.165, 1.54) is 7.11 Å². The number of hydrogen-bond donors (Lipinski definition) is 1.